The summed E-state index contributed by atoms with van der Waals surface area (Å²) in [6.45, 7) is 10.8. The zero-order valence-electron chi connectivity index (χ0n) is 15.5. The molecule has 0 bridgehead atoms. The minimum atomic E-state index is 0.437. The molecular weight excluding hydrogens is 290 g/mol. The molecule has 2 rings (SSSR count). The molecular formula is C23H31N. The molecule has 1 aromatic heterocycles. The standard InChI is InChI=1S/C23H31N/c1-5-8-9-11-22(19-12-13-19)18(4)21(7-3)23(10-6-2)20-14-16-24-17-15-20/h6,9-11,14-17,19,21H,2,5,7-8,12-13H2,1,3-4H3/b11-9-,22-18-,23-10-. The van der Waals surface area contributed by atoms with E-state index in [9.17, 15) is 0 Å². The Balaban J connectivity index is 2.40. The minimum absolute atomic E-state index is 0.437. The van der Waals surface area contributed by atoms with Gasteiger partial charge in [0.05, 0.1) is 0 Å². The van der Waals surface area contributed by atoms with Crippen molar-refractivity contribution in [2.24, 2.45) is 11.8 Å². The van der Waals surface area contributed by atoms with Gasteiger partial charge in [-0.25, -0.2) is 0 Å². The topological polar surface area (TPSA) is 12.9 Å². The van der Waals surface area contributed by atoms with Gasteiger partial charge >= 0.3 is 0 Å². The molecule has 128 valence electrons. The third-order valence-electron chi connectivity index (χ3n) is 4.84. The maximum absolute atomic E-state index is 4.16. The summed E-state index contributed by atoms with van der Waals surface area (Å²) in [4.78, 5) is 4.16. The van der Waals surface area contributed by atoms with Gasteiger partial charge in [0.2, 0.25) is 0 Å². The number of hydrogen-bond donors (Lipinski definition) is 0. The normalized spacial score (nSPS) is 17.7. The van der Waals surface area contributed by atoms with E-state index in [2.05, 4.69) is 62.7 Å². The predicted molar refractivity (Wildman–Crippen MR) is 106 cm³/mol. The van der Waals surface area contributed by atoms with Crippen LogP contribution in [0, 0.1) is 11.8 Å². The van der Waals surface area contributed by atoms with Crippen LogP contribution in [0.25, 0.3) is 5.57 Å². The number of rotatable bonds is 9. The van der Waals surface area contributed by atoms with Crippen molar-refractivity contribution in [1.29, 1.82) is 0 Å². The maximum Gasteiger partial charge on any atom is 0.0273 e. The molecule has 0 aromatic carbocycles. The molecule has 0 aliphatic heterocycles. The molecule has 0 saturated heterocycles. The summed E-state index contributed by atoms with van der Waals surface area (Å²) in [5.41, 5.74) is 5.70. The van der Waals surface area contributed by atoms with Crippen LogP contribution in [0.15, 0.2) is 66.6 Å². The molecule has 1 saturated carbocycles. The van der Waals surface area contributed by atoms with Crippen molar-refractivity contribution in [2.45, 2.75) is 52.9 Å². The predicted octanol–water partition coefficient (Wildman–Crippen LogP) is 6.76. The smallest absolute Gasteiger partial charge is 0.0273 e. The van der Waals surface area contributed by atoms with E-state index in [0.717, 1.165) is 12.3 Å². The van der Waals surface area contributed by atoms with E-state index in [1.54, 1.807) is 5.57 Å². The highest BCUT2D eigenvalue weighted by Crippen LogP contribution is 2.43. The number of allylic oxidation sites excluding steroid dienone is 7. The summed E-state index contributed by atoms with van der Waals surface area (Å²) >= 11 is 0. The fourth-order valence-electron chi connectivity index (χ4n) is 3.41. The summed E-state index contributed by atoms with van der Waals surface area (Å²) in [5.74, 6) is 1.21. The molecule has 1 fully saturated rings. The van der Waals surface area contributed by atoms with Crippen molar-refractivity contribution in [2.75, 3.05) is 0 Å². The molecule has 0 N–H and O–H groups in total. The van der Waals surface area contributed by atoms with Crippen molar-refractivity contribution in [3.8, 4) is 0 Å². The fourth-order valence-corrected chi connectivity index (χ4v) is 3.41. The molecule has 1 aliphatic rings. The first-order valence-electron chi connectivity index (χ1n) is 9.33. The zero-order valence-corrected chi connectivity index (χ0v) is 15.5. The van der Waals surface area contributed by atoms with Gasteiger partial charge in [-0.15, -0.1) is 0 Å². The van der Waals surface area contributed by atoms with E-state index in [1.807, 2.05) is 18.5 Å². The number of pyridine rings is 1. The van der Waals surface area contributed by atoms with Crippen molar-refractivity contribution < 1.29 is 0 Å². The summed E-state index contributed by atoms with van der Waals surface area (Å²) in [6.07, 6.45) is 18.8. The molecule has 0 radical (unpaired) electrons. The summed E-state index contributed by atoms with van der Waals surface area (Å²) < 4.78 is 0. The molecule has 0 amide bonds. The average Bonchev–Trinajstić information content (AvgIpc) is 3.44. The first-order valence-corrected chi connectivity index (χ1v) is 9.33. The second-order valence-corrected chi connectivity index (χ2v) is 6.66. The van der Waals surface area contributed by atoms with Crippen LogP contribution in [0.1, 0.15) is 58.4 Å². The van der Waals surface area contributed by atoms with E-state index in [4.69, 9.17) is 0 Å². The average molecular weight is 322 g/mol. The zero-order chi connectivity index (χ0) is 17.4. The van der Waals surface area contributed by atoms with Gasteiger partial charge in [-0.05, 0) is 67.4 Å². The third-order valence-corrected chi connectivity index (χ3v) is 4.84. The van der Waals surface area contributed by atoms with Gasteiger partial charge in [0, 0.05) is 18.3 Å². The van der Waals surface area contributed by atoms with Crippen LogP contribution in [0.5, 0.6) is 0 Å². The van der Waals surface area contributed by atoms with Crippen LogP contribution in [-0.2, 0) is 0 Å². The lowest BCUT2D eigenvalue weighted by Crippen LogP contribution is -2.07. The van der Waals surface area contributed by atoms with E-state index >= 15 is 0 Å². The summed E-state index contributed by atoms with van der Waals surface area (Å²) in [7, 11) is 0. The van der Waals surface area contributed by atoms with Crippen LogP contribution >= 0.6 is 0 Å². The Morgan fingerprint density at radius 1 is 1.29 bits per heavy atom. The Labute approximate surface area is 147 Å². The molecule has 0 spiro atoms. The Morgan fingerprint density at radius 3 is 2.54 bits per heavy atom. The second-order valence-electron chi connectivity index (χ2n) is 6.66. The lowest BCUT2D eigenvalue weighted by molar-refractivity contribution is 0.728. The van der Waals surface area contributed by atoms with Gasteiger partial charge in [0.25, 0.3) is 0 Å². The largest absolute Gasteiger partial charge is 0.265 e. The lowest BCUT2D eigenvalue weighted by atomic mass is 9.82. The second kappa shape index (κ2) is 9.42. The van der Waals surface area contributed by atoms with Gasteiger partial charge in [-0.1, -0.05) is 56.7 Å². The van der Waals surface area contributed by atoms with E-state index in [1.165, 1.54) is 42.4 Å². The number of aromatic nitrogens is 1. The highest BCUT2D eigenvalue weighted by molar-refractivity contribution is 5.71. The van der Waals surface area contributed by atoms with Gasteiger partial charge in [-0.3, -0.25) is 4.98 Å². The van der Waals surface area contributed by atoms with Crippen LogP contribution in [-0.4, -0.2) is 4.98 Å². The highest BCUT2D eigenvalue weighted by atomic mass is 14.6. The highest BCUT2D eigenvalue weighted by Gasteiger charge is 2.28. The third kappa shape index (κ3) is 4.80. The van der Waals surface area contributed by atoms with Gasteiger partial charge < -0.3 is 0 Å². The molecule has 1 nitrogen and oxygen atoms in total. The quantitative estimate of drug-likeness (QED) is 0.458. The minimum Gasteiger partial charge on any atom is -0.265 e. The summed E-state index contributed by atoms with van der Waals surface area (Å²) in [5, 5.41) is 0. The Kier molecular flexibility index (Phi) is 7.24. The number of nitrogens with zero attached hydrogens (tertiary/aromatic N) is 1. The molecule has 1 heteroatoms. The number of unbranched alkanes of at least 4 members (excludes halogenated alkanes) is 1. The molecule has 1 aromatic rings. The molecule has 1 atom stereocenters. The van der Waals surface area contributed by atoms with Gasteiger partial charge in [-0.2, -0.15) is 0 Å². The molecule has 1 unspecified atom stereocenters. The van der Waals surface area contributed by atoms with Crippen molar-refractivity contribution >= 4 is 5.57 Å². The van der Waals surface area contributed by atoms with E-state index in [-0.39, 0.29) is 0 Å². The Bertz CT molecular complexity index is 615. The van der Waals surface area contributed by atoms with Crippen LogP contribution in [0.4, 0.5) is 0 Å². The monoisotopic (exact) mass is 321 g/mol. The molecule has 1 heterocycles. The van der Waals surface area contributed by atoms with Crippen molar-refractivity contribution in [3.05, 3.63) is 72.1 Å². The van der Waals surface area contributed by atoms with E-state index < -0.39 is 0 Å². The Hall–Kier alpha value is -1.89. The SMILES string of the molecule is C=C/C=C(/c1ccncc1)C(CC)/C(C)=C(/C=C\CCC)C1CC1. The first kappa shape index (κ1) is 18.4. The van der Waals surface area contributed by atoms with Gasteiger partial charge in [0.15, 0.2) is 0 Å². The molecule has 1 aliphatic carbocycles. The van der Waals surface area contributed by atoms with Crippen LogP contribution in [0.3, 0.4) is 0 Å². The first-order chi connectivity index (χ1) is 11.7. The van der Waals surface area contributed by atoms with Crippen molar-refractivity contribution in [3.63, 3.8) is 0 Å². The fraction of sp³-hybridized carbons (Fsp3) is 0.435. The summed E-state index contributed by atoms with van der Waals surface area (Å²) in [6, 6.07) is 4.21. The molecule has 24 heavy (non-hydrogen) atoms. The van der Waals surface area contributed by atoms with Crippen LogP contribution in [0.2, 0.25) is 0 Å². The van der Waals surface area contributed by atoms with Gasteiger partial charge in [0.1, 0.15) is 0 Å². The lowest BCUT2D eigenvalue weighted by Gasteiger charge is -2.23. The van der Waals surface area contributed by atoms with Crippen molar-refractivity contribution in [1.82, 2.24) is 4.98 Å². The van der Waals surface area contributed by atoms with Crippen LogP contribution < -0.4 is 0 Å². The Morgan fingerprint density at radius 2 is 2.00 bits per heavy atom. The van der Waals surface area contributed by atoms with E-state index in [0.29, 0.717) is 5.92 Å². The number of hydrogen-bond acceptors (Lipinski definition) is 1. The maximum atomic E-state index is 4.16.